The number of likely N-dealkylation sites (N-methyl/N-ethyl adjacent to an activating group) is 2. The third-order valence-electron chi connectivity index (χ3n) is 3.02. The Balaban J connectivity index is 2.64. The number of nitrogens with zero attached hydrogens (tertiary/aromatic N) is 1. The summed E-state index contributed by atoms with van der Waals surface area (Å²) < 4.78 is 0. The lowest BCUT2D eigenvalue weighted by Gasteiger charge is -2.23. The second-order valence-corrected chi connectivity index (χ2v) is 4.50. The summed E-state index contributed by atoms with van der Waals surface area (Å²) >= 11 is 0. The third-order valence-corrected chi connectivity index (χ3v) is 3.02. The molecule has 20 heavy (non-hydrogen) atoms. The molecule has 4 N–H and O–H groups in total. The molecule has 0 aliphatic rings. The van der Waals surface area contributed by atoms with E-state index in [1.165, 1.54) is 11.9 Å². The second kappa shape index (κ2) is 7.49. The van der Waals surface area contributed by atoms with E-state index in [-0.39, 0.29) is 24.1 Å². The van der Waals surface area contributed by atoms with Gasteiger partial charge in [-0.3, -0.25) is 9.59 Å². The minimum Gasteiger partial charge on any atom is -0.508 e. The maximum Gasteiger partial charge on any atom is 0.240 e. The number of hydrogen-bond donors (Lipinski definition) is 3. The number of aromatic hydroxyl groups is 1. The van der Waals surface area contributed by atoms with Gasteiger partial charge in [0.05, 0.1) is 12.6 Å². The van der Waals surface area contributed by atoms with Gasteiger partial charge in [-0.2, -0.15) is 0 Å². The molecule has 0 fully saturated rings. The Bertz CT molecular complexity index is 459. The van der Waals surface area contributed by atoms with Crippen LogP contribution in [-0.4, -0.2) is 48.0 Å². The normalized spacial score (nSPS) is 11.8. The number of amides is 2. The first-order chi connectivity index (χ1) is 9.47. The van der Waals surface area contributed by atoms with Crippen LogP contribution in [0.4, 0.5) is 0 Å². The van der Waals surface area contributed by atoms with E-state index in [0.717, 1.165) is 5.56 Å². The van der Waals surface area contributed by atoms with Crippen molar-refractivity contribution in [3.05, 3.63) is 29.8 Å². The van der Waals surface area contributed by atoms with E-state index in [1.54, 1.807) is 31.2 Å². The summed E-state index contributed by atoms with van der Waals surface area (Å²) in [5, 5.41) is 11.7. The summed E-state index contributed by atoms with van der Waals surface area (Å²) in [4.78, 5) is 24.9. The SMILES string of the molecule is CCN(CC(=O)NC)C(=O)C(N)Cc1ccc(O)cc1. The maximum absolute atomic E-state index is 12.2. The van der Waals surface area contributed by atoms with Crippen LogP contribution in [0.25, 0.3) is 0 Å². The highest BCUT2D eigenvalue weighted by molar-refractivity contribution is 5.87. The molecular formula is C14H21N3O3. The van der Waals surface area contributed by atoms with Crippen molar-refractivity contribution in [1.82, 2.24) is 10.2 Å². The van der Waals surface area contributed by atoms with E-state index in [1.807, 2.05) is 0 Å². The zero-order chi connectivity index (χ0) is 15.1. The van der Waals surface area contributed by atoms with Crippen LogP contribution < -0.4 is 11.1 Å². The molecule has 0 radical (unpaired) electrons. The number of hydrogen-bond acceptors (Lipinski definition) is 4. The quantitative estimate of drug-likeness (QED) is 0.675. The van der Waals surface area contributed by atoms with Crippen molar-refractivity contribution in [2.24, 2.45) is 5.73 Å². The van der Waals surface area contributed by atoms with Gasteiger partial charge in [-0.15, -0.1) is 0 Å². The number of carbonyl (C=O) groups excluding carboxylic acids is 2. The predicted octanol–water partition coefficient (Wildman–Crippen LogP) is -0.143. The standard InChI is InChI=1S/C14H21N3O3/c1-3-17(9-13(19)16-2)14(20)12(15)8-10-4-6-11(18)7-5-10/h4-7,12,18H,3,8-9,15H2,1-2H3,(H,16,19). The fourth-order valence-corrected chi connectivity index (χ4v) is 1.81. The number of rotatable bonds is 6. The summed E-state index contributed by atoms with van der Waals surface area (Å²) in [6.45, 7) is 2.23. The van der Waals surface area contributed by atoms with Gasteiger partial charge < -0.3 is 21.1 Å². The molecule has 0 aliphatic carbocycles. The molecule has 2 amide bonds. The summed E-state index contributed by atoms with van der Waals surface area (Å²) in [7, 11) is 1.52. The first-order valence-corrected chi connectivity index (χ1v) is 6.50. The van der Waals surface area contributed by atoms with Gasteiger partial charge in [0.15, 0.2) is 0 Å². The molecule has 0 heterocycles. The molecular weight excluding hydrogens is 258 g/mol. The Labute approximate surface area is 118 Å². The highest BCUT2D eigenvalue weighted by Crippen LogP contribution is 2.11. The molecule has 1 aromatic rings. The lowest BCUT2D eigenvalue weighted by Crippen LogP contribution is -2.48. The number of phenols is 1. The Hall–Kier alpha value is -2.08. The number of nitrogens with two attached hydrogens (primary N) is 1. The number of nitrogens with one attached hydrogen (secondary N) is 1. The minimum absolute atomic E-state index is 0.00904. The zero-order valence-electron chi connectivity index (χ0n) is 11.8. The Morgan fingerprint density at radius 1 is 1.35 bits per heavy atom. The molecule has 1 rings (SSSR count). The average molecular weight is 279 g/mol. The molecule has 0 aromatic heterocycles. The van der Waals surface area contributed by atoms with Crippen molar-refractivity contribution in [2.75, 3.05) is 20.1 Å². The zero-order valence-corrected chi connectivity index (χ0v) is 11.8. The van der Waals surface area contributed by atoms with Gasteiger partial charge in [0.25, 0.3) is 0 Å². The molecule has 6 nitrogen and oxygen atoms in total. The molecule has 0 saturated carbocycles. The van der Waals surface area contributed by atoms with Crippen molar-refractivity contribution in [1.29, 1.82) is 0 Å². The number of benzene rings is 1. The van der Waals surface area contributed by atoms with Gasteiger partial charge in [0.1, 0.15) is 5.75 Å². The van der Waals surface area contributed by atoms with Crippen LogP contribution in [0.15, 0.2) is 24.3 Å². The fourth-order valence-electron chi connectivity index (χ4n) is 1.81. The topological polar surface area (TPSA) is 95.7 Å². The Morgan fingerprint density at radius 3 is 2.45 bits per heavy atom. The summed E-state index contributed by atoms with van der Waals surface area (Å²) in [5.41, 5.74) is 6.76. The molecule has 1 aromatic carbocycles. The van der Waals surface area contributed by atoms with E-state index in [0.29, 0.717) is 13.0 Å². The molecule has 0 bridgehead atoms. The molecule has 0 spiro atoms. The summed E-state index contributed by atoms with van der Waals surface area (Å²) in [6.07, 6.45) is 0.364. The van der Waals surface area contributed by atoms with E-state index in [9.17, 15) is 14.7 Å². The summed E-state index contributed by atoms with van der Waals surface area (Å²) in [5.74, 6) is -0.315. The van der Waals surface area contributed by atoms with Crippen LogP contribution in [0, 0.1) is 0 Å². The molecule has 6 heteroatoms. The van der Waals surface area contributed by atoms with E-state index in [2.05, 4.69) is 5.32 Å². The van der Waals surface area contributed by atoms with Crippen LogP contribution in [-0.2, 0) is 16.0 Å². The predicted molar refractivity (Wildman–Crippen MR) is 76.1 cm³/mol. The average Bonchev–Trinajstić information content (AvgIpc) is 2.46. The lowest BCUT2D eigenvalue weighted by molar-refractivity contribution is -0.136. The van der Waals surface area contributed by atoms with Crippen LogP contribution in [0.5, 0.6) is 5.75 Å². The third kappa shape index (κ3) is 4.55. The highest BCUT2D eigenvalue weighted by atomic mass is 16.3. The van der Waals surface area contributed by atoms with E-state index < -0.39 is 6.04 Å². The first-order valence-electron chi connectivity index (χ1n) is 6.50. The molecule has 0 aliphatic heterocycles. The molecule has 110 valence electrons. The lowest BCUT2D eigenvalue weighted by atomic mass is 10.1. The van der Waals surface area contributed by atoms with E-state index >= 15 is 0 Å². The minimum atomic E-state index is -0.704. The van der Waals surface area contributed by atoms with Crippen molar-refractivity contribution in [3.8, 4) is 5.75 Å². The van der Waals surface area contributed by atoms with Crippen molar-refractivity contribution >= 4 is 11.8 Å². The fraction of sp³-hybridized carbons (Fsp3) is 0.429. The van der Waals surface area contributed by atoms with Gasteiger partial charge >= 0.3 is 0 Å². The van der Waals surface area contributed by atoms with E-state index in [4.69, 9.17) is 5.73 Å². The van der Waals surface area contributed by atoms with Gasteiger partial charge in [-0.1, -0.05) is 12.1 Å². The molecule has 0 saturated heterocycles. The molecule has 1 atom stereocenters. The highest BCUT2D eigenvalue weighted by Gasteiger charge is 2.21. The number of carbonyl (C=O) groups is 2. The second-order valence-electron chi connectivity index (χ2n) is 4.50. The van der Waals surface area contributed by atoms with Gasteiger partial charge in [0.2, 0.25) is 11.8 Å². The number of phenolic OH excluding ortho intramolecular Hbond substituents is 1. The van der Waals surface area contributed by atoms with Gasteiger partial charge in [0, 0.05) is 13.6 Å². The van der Waals surface area contributed by atoms with Gasteiger partial charge in [-0.25, -0.2) is 0 Å². The van der Waals surface area contributed by atoms with Crippen LogP contribution in [0.3, 0.4) is 0 Å². The molecule has 1 unspecified atom stereocenters. The Kier molecular flexibility index (Phi) is 5.99. The largest absolute Gasteiger partial charge is 0.508 e. The maximum atomic E-state index is 12.2. The summed E-state index contributed by atoms with van der Waals surface area (Å²) in [6, 6.07) is 5.84. The van der Waals surface area contributed by atoms with Crippen LogP contribution in [0.1, 0.15) is 12.5 Å². The van der Waals surface area contributed by atoms with Crippen molar-refractivity contribution < 1.29 is 14.7 Å². The van der Waals surface area contributed by atoms with Crippen LogP contribution >= 0.6 is 0 Å². The van der Waals surface area contributed by atoms with Crippen LogP contribution in [0.2, 0.25) is 0 Å². The smallest absolute Gasteiger partial charge is 0.240 e. The van der Waals surface area contributed by atoms with Crippen molar-refractivity contribution in [2.45, 2.75) is 19.4 Å². The Morgan fingerprint density at radius 2 is 1.95 bits per heavy atom. The monoisotopic (exact) mass is 279 g/mol. The first kappa shape index (κ1) is 16.0. The van der Waals surface area contributed by atoms with Crippen molar-refractivity contribution in [3.63, 3.8) is 0 Å². The van der Waals surface area contributed by atoms with Gasteiger partial charge in [-0.05, 0) is 31.0 Å².